The summed E-state index contributed by atoms with van der Waals surface area (Å²) in [4.78, 5) is 21.3. The third-order valence-electron chi connectivity index (χ3n) is 4.53. The van der Waals surface area contributed by atoms with E-state index in [1.54, 1.807) is 16.9 Å². The number of rotatable bonds is 6. The van der Waals surface area contributed by atoms with Gasteiger partial charge < -0.3 is 21.5 Å². The maximum atomic E-state index is 12.6. The highest BCUT2D eigenvalue weighted by Crippen LogP contribution is 2.30. The van der Waals surface area contributed by atoms with Crippen LogP contribution in [0.15, 0.2) is 65.0 Å². The number of aryl methyl sites for hydroxylation is 1. The summed E-state index contributed by atoms with van der Waals surface area (Å²) in [5.74, 6) is -0.0168. The van der Waals surface area contributed by atoms with Gasteiger partial charge in [0.25, 0.3) is 5.91 Å². The van der Waals surface area contributed by atoms with Crippen LogP contribution in [0, 0.1) is 6.92 Å². The van der Waals surface area contributed by atoms with Crippen LogP contribution in [-0.2, 0) is 15.1 Å². The number of carbonyl (C=O) groups is 1. The highest BCUT2D eigenvalue weighted by atomic mass is 16.5. The number of nitrogens with two attached hydrogens (primary N) is 2. The predicted octanol–water partition coefficient (Wildman–Crippen LogP) is 1.77. The number of ether oxygens (including phenoxy) is 1. The Hall–Kier alpha value is -3.72. The molecule has 5 N–H and O–H groups in total. The molecule has 9 heteroatoms. The summed E-state index contributed by atoms with van der Waals surface area (Å²) in [5, 5.41) is 7.03. The van der Waals surface area contributed by atoms with Gasteiger partial charge in [0.1, 0.15) is 23.7 Å². The van der Waals surface area contributed by atoms with E-state index in [0.29, 0.717) is 30.4 Å². The summed E-state index contributed by atoms with van der Waals surface area (Å²) in [6.07, 6.45) is 4.32. The van der Waals surface area contributed by atoms with Crippen LogP contribution < -0.4 is 16.8 Å². The zero-order valence-corrected chi connectivity index (χ0v) is 17.0. The van der Waals surface area contributed by atoms with Crippen molar-refractivity contribution in [2.45, 2.75) is 19.4 Å². The van der Waals surface area contributed by atoms with Gasteiger partial charge in [-0.2, -0.15) is 5.10 Å². The molecule has 1 unspecified atom stereocenters. The molecule has 1 aliphatic heterocycles. The molecule has 0 spiro atoms. The maximum absolute atomic E-state index is 12.6. The molecule has 156 valence electrons. The van der Waals surface area contributed by atoms with E-state index in [-0.39, 0.29) is 5.70 Å². The normalized spacial score (nSPS) is 19.5. The van der Waals surface area contributed by atoms with Gasteiger partial charge in [-0.3, -0.25) is 9.79 Å². The average molecular weight is 407 g/mol. The van der Waals surface area contributed by atoms with Crippen LogP contribution in [0.2, 0.25) is 0 Å². The van der Waals surface area contributed by atoms with Crippen molar-refractivity contribution in [2.75, 3.05) is 18.5 Å². The molecule has 1 atom stereocenters. The Bertz CT molecular complexity index is 1050. The molecule has 2 heterocycles. The first-order chi connectivity index (χ1) is 14.3. The van der Waals surface area contributed by atoms with Crippen molar-refractivity contribution >= 4 is 29.3 Å². The number of nitrogens with one attached hydrogen (secondary N) is 1. The number of aromatic nitrogens is 2. The van der Waals surface area contributed by atoms with Gasteiger partial charge in [-0.1, -0.05) is 18.7 Å². The number of nitrogens with zero attached hydrogens (tertiary/aromatic N) is 4. The average Bonchev–Trinajstić information content (AvgIpc) is 3.15. The Morgan fingerprint density at radius 3 is 2.90 bits per heavy atom. The van der Waals surface area contributed by atoms with Crippen LogP contribution >= 0.6 is 0 Å². The molecule has 0 bridgehead atoms. The molecule has 3 rings (SSSR count). The minimum atomic E-state index is -0.618. The molecule has 1 aromatic heterocycles. The van der Waals surface area contributed by atoms with E-state index in [9.17, 15) is 4.79 Å². The van der Waals surface area contributed by atoms with Crippen molar-refractivity contribution in [1.82, 2.24) is 9.78 Å². The van der Waals surface area contributed by atoms with Gasteiger partial charge >= 0.3 is 0 Å². The largest absolute Gasteiger partial charge is 0.403 e. The Morgan fingerprint density at radius 2 is 2.23 bits per heavy atom. The summed E-state index contributed by atoms with van der Waals surface area (Å²) in [7, 11) is 0. The first kappa shape index (κ1) is 21.0. The van der Waals surface area contributed by atoms with E-state index in [1.165, 1.54) is 6.21 Å². The van der Waals surface area contributed by atoms with Gasteiger partial charge in [-0.15, -0.1) is 0 Å². The SMILES string of the molecule is C=C(C=N/C(=C\N)C(=O)Nc1cccc(C2(C)COCC(N)=N2)c1)n1ccc(C)n1. The zero-order chi connectivity index (χ0) is 21.7. The van der Waals surface area contributed by atoms with E-state index < -0.39 is 11.4 Å². The molecule has 30 heavy (non-hydrogen) atoms. The lowest BCUT2D eigenvalue weighted by Gasteiger charge is -2.30. The number of hydrogen-bond acceptors (Lipinski definition) is 7. The maximum Gasteiger partial charge on any atom is 0.275 e. The lowest BCUT2D eigenvalue weighted by Crippen LogP contribution is -2.37. The fourth-order valence-electron chi connectivity index (χ4n) is 2.97. The monoisotopic (exact) mass is 407 g/mol. The Balaban J connectivity index is 1.72. The number of aliphatic imine (C=N–C) groups is 2. The molecule has 0 radical (unpaired) electrons. The molecular weight excluding hydrogens is 382 g/mol. The minimum absolute atomic E-state index is 0.0416. The second-order valence-electron chi connectivity index (χ2n) is 7.11. The number of amidine groups is 1. The van der Waals surface area contributed by atoms with Gasteiger partial charge in [0.2, 0.25) is 0 Å². The Kier molecular flexibility index (Phi) is 6.12. The third kappa shape index (κ3) is 4.81. The number of hydrogen-bond donors (Lipinski definition) is 3. The van der Waals surface area contributed by atoms with Gasteiger partial charge in [0.05, 0.1) is 24.2 Å². The fraction of sp³-hybridized carbons (Fsp3) is 0.238. The fourth-order valence-corrected chi connectivity index (χ4v) is 2.97. The molecule has 9 nitrogen and oxygen atoms in total. The first-order valence-electron chi connectivity index (χ1n) is 9.32. The van der Waals surface area contributed by atoms with E-state index >= 15 is 0 Å². The molecule has 0 saturated heterocycles. The van der Waals surface area contributed by atoms with Gasteiger partial charge in [0.15, 0.2) is 0 Å². The number of amides is 1. The Morgan fingerprint density at radius 1 is 1.43 bits per heavy atom. The van der Waals surface area contributed by atoms with Gasteiger partial charge in [-0.25, -0.2) is 9.67 Å². The number of anilines is 1. The molecule has 2 aromatic rings. The smallest absolute Gasteiger partial charge is 0.275 e. The highest BCUT2D eigenvalue weighted by Gasteiger charge is 2.30. The molecule has 1 aromatic carbocycles. The van der Waals surface area contributed by atoms with Gasteiger partial charge in [-0.05, 0) is 37.6 Å². The van der Waals surface area contributed by atoms with Crippen molar-refractivity contribution in [2.24, 2.45) is 21.5 Å². The molecule has 1 aliphatic rings. The molecule has 0 aliphatic carbocycles. The van der Waals surface area contributed by atoms with Crippen LogP contribution in [-0.4, -0.2) is 41.0 Å². The van der Waals surface area contributed by atoms with Crippen molar-refractivity contribution in [1.29, 1.82) is 0 Å². The predicted molar refractivity (Wildman–Crippen MR) is 118 cm³/mol. The topological polar surface area (TPSA) is 133 Å². The van der Waals surface area contributed by atoms with Crippen LogP contribution in [0.5, 0.6) is 0 Å². The van der Waals surface area contributed by atoms with Crippen molar-refractivity contribution < 1.29 is 9.53 Å². The van der Waals surface area contributed by atoms with Crippen molar-refractivity contribution in [3.63, 3.8) is 0 Å². The summed E-state index contributed by atoms with van der Waals surface area (Å²) in [6, 6.07) is 9.17. The second kappa shape index (κ2) is 8.75. The molecular formula is C21H25N7O2. The van der Waals surface area contributed by atoms with Crippen LogP contribution in [0.25, 0.3) is 5.70 Å². The molecule has 0 fully saturated rings. The van der Waals surface area contributed by atoms with E-state index in [1.807, 2.05) is 38.1 Å². The number of carbonyl (C=O) groups excluding carboxylic acids is 1. The highest BCUT2D eigenvalue weighted by molar-refractivity contribution is 6.08. The standard InChI is InChI=1S/C21H25N7O2/c1-14-7-8-28(27-14)15(2)11-24-18(10-22)20(29)25-17-6-4-5-16(9-17)21(3)13-30-12-19(23)26-21/h4-11H,2,12-13,22H2,1,3H3,(H2,23,26)(H,25,29)/b18-10-,24-11?. The van der Waals surface area contributed by atoms with Crippen molar-refractivity contribution in [3.05, 3.63) is 66.3 Å². The van der Waals surface area contributed by atoms with E-state index in [4.69, 9.17) is 16.2 Å². The number of benzene rings is 1. The lowest BCUT2D eigenvalue weighted by molar-refractivity contribution is -0.112. The third-order valence-corrected chi connectivity index (χ3v) is 4.53. The lowest BCUT2D eigenvalue weighted by atomic mass is 9.92. The summed E-state index contributed by atoms with van der Waals surface area (Å²) < 4.78 is 7.08. The Labute approximate surface area is 174 Å². The van der Waals surface area contributed by atoms with Crippen LogP contribution in [0.3, 0.4) is 0 Å². The van der Waals surface area contributed by atoms with E-state index in [0.717, 1.165) is 17.5 Å². The summed E-state index contributed by atoms with van der Waals surface area (Å²) >= 11 is 0. The van der Waals surface area contributed by atoms with Crippen LogP contribution in [0.1, 0.15) is 18.2 Å². The zero-order valence-electron chi connectivity index (χ0n) is 17.0. The molecule has 0 saturated carbocycles. The van der Waals surface area contributed by atoms with Crippen LogP contribution in [0.4, 0.5) is 5.69 Å². The minimum Gasteiger partial charge on any atom is -0.403 e. The van der Waals surface area contributed by atoms with E-state index in [2.05, 4.69) is 27.0 Å². The second-order valence-corrected chi connectivity index (χ2v) is 7.11. The van der Waals surface area contributed by atoms with Gasteiger partial charge in [0, 0.05) is 18.1 Å². The first-order valence-corrected chi connectivity index (χ1v) is 9.32. The molecule has 1 amide bonds. The summed E-state index contributed by atoms with van der Waals surface area (Å²) in [5.41, 5.74) is 13.6. The number of allylic oxidation sites excluding steroid dienone is 1. The summed E-state index contributed by atoms with van der Waals surface area (Å²) in [6.45, 7) is 8.40. The quantitative estimate of drug-likeness (QED) is 0.496. The van der Waals surface area contributed by atoms with Crippen molar-refractivity contribution in [3.8, 4) is 0 Å².